The number of hydrogen-bond donors (Lipinski definition) is 2. The summed E-state index contributed by atoms with van der Waals surface area (Å²) in [5, 5.41) is 24.1. The lowest BCUT2D eigenvalue weighted by atomic mass is 9.51. The maximum absolute atomic E-state index is 12.6. The molecule has 162 valence electrons. The van der Waals surface area contributed by atoms with Crippen LogP contribution in [-0.4, -0.2) is 21.9 Å². The molecule has 0 aliphatic heterocycles. The van der Waals surface area contributed by atoms with Gasteiger partial charge in [-0.1, -0.05) is 112 Å². The van der Waals surface area contributed by atoms with E-state index < -0.39 is 17.1 Å². The van der Waals surface area contributed by atoms with Crippen LogP contribution in [0.2, 0.25) is 0 Å². The molecule has 0 saturated heterocycles. The third-order valence-electron chi connectivity index (χ3n) is 8.01. The highest BCUT2D eigenvalue weighted by atomic mass is 16.3. The van der Waals surface area contributed by atoms with E-state index in [1.54, 1.807) is 0 Å². The van der Waals surface area contributed by atoms with E-state index in [0.717, 1.165) is 44.9 Å². The Labute approximate surface area is 182 Å². The van der Waals surface area contributed by atoms with E-state index in [-0.39, 0.29) is 5.92 Å². The second kappa shape index (κ2) is 9.66. The molecule has 2 aromatic carbocycles. The average molecular weight is 407 g/mol. The molecule has 4 unspecified atom stereocenters. The molecule has 2 saturated carbocycles. The van der Waals surface area contributed by atoms with E-state index in [1.165, 1.54) is 30.4 Å². The van der Waals surface area contributed by atoms with Crippen LogP contribution in [0.25, 0.3) is 0 Å². The predicted octanol–water partition coefficient (Wildman–Crippen LogP) is 6.51. The van der Waals surface area contributed by atoms with E-state index in [4.69, 9.17) is 0 Å². The summed E-state index contributed by atoms with van der Waals surface area (Å²) in [6, 6.07) is 21.5. The number of aliphatic hydroxyl groups is 2. The van der Waals surface area contributed by atoms with Crippen LogP contribution < -0.4 is 0 Å². The van der Waals surface area contributed by atoms with Crippen LogP contribution >= 0.6 is 0 Å². The quantitative estimate of drug-likeness (QED) is 0.610. The number of benzene rings is 2. The maximum Gasteiger partial charge on any atom is 0.101 e. The normalized spacial score (nSPS) is 33.7. The van der Waals surface area contributed by atoms with Crippen LogP contribution in [-0.2, 0) is 5.41 Å². The Morgan fingerprint density at radius 1 is 0.633 bits per heavy atom. The highest BCUT2D eigenvalue weighted by molar-refractivity contribution is 5.39. The molecule has 2 nitrogen and oxygen atoms in total. The van der Waals surface area contributed by atoms with E-state index in [0.29, 0.717) is 12.8 Å². The molecule has 30 heavy (non-hydrogen) atoms. The van der Waals surface area contributed by atoms with Crippen LogP contribution in [0.1, 0.15) is 94.1 Å². The van der Waals surface area contributed by atoms with Crippen molar-refractivity contribution in [2.75, 3.05) is 0 Å². The highest BCUT2D eigenvalue weighted by Crippen LogP contribution is 2.56. The predicted molar refractivity (Wildman–Crippen MR) is 124 cm³/mol. The van der Waals surface area contributed by atoms with E-state index in [2.05, 4.69) is 60.7 Å². The fourth-order valence-electron chi connectivity index (χ4n) is 6.52. The van der Waals surface area contributed by atoms with Gasteiger partial charge in [0.2, 0.25) is 0 Å². The van der Waals surface area contributed by atoms with Crippen LogP contribution in [0.15, 0.2) is 60.7 Å². The first-order chi connectivity index (χ1) is 14.7. The summed E-state index contributed by atoms with van der Waals surface area (Å²) < 4.78 is 0. The van der Waals surface area contributed by atoms with Crippen molar-refractivity contribution >= 4 is 0 Å². The van der Waals surface area contributed by atoms with Gasteiger partial charge in [0.15, 0.2) is 0 Å². The lowest BCUT2D eigenvalue weighted by molar-refractivity contribution is -0.152. The highest BCUT2D eigenvalue weighted by Gasteiger charge is 2.58. The molecule has 0 radical (unpaired) electrons. The van der Waals surface area contributed by atoms with Gasteiger partial charge in [0.1, 0.15) is 5.60 Å². The van der Waals surface area contributed by atoms with Gasteiger partial charge in [-0.05, 0) is 42.7 Å². The molecule has 4 rings (SSSR count). The van der Waals surface area contributed by atoms with Gasteiger partial charge in [0.05, 0.1) is 6.10 Å². The van der Waals surface area contributed by atoms with E-state index in [1.807, 2.05) is 0 Å². The first kappa shape index (κ1) is 21.6. The Morgan fingerprint density at radius 2 is 1.20 bits per heavy atom. The molecule has 0 spiro atoms. The second-order valence-corrected chi connectivity index (χ2v) is 9.65. The summed E-state index contributed by atoms with van der Waals surface area (Å²) in [5.41, 5.74) is 0.952. The number of hydrogen-bond acceptors (Lipinski definition) is 2. The minimum Gasteiger partial charge on any atom is -0.390 e. The van der Waals surface area contributed by atoms with Gasteiger partial charge >= 0.3 is 0 Å². The minimum atomic E-state index is -1.10. The molecule has 0 aromatic heterocycles. The third-order valence-corrected chi connectivity index (χ3v) is 8.01. The molecule has 4 atom stereocenters. The lowest BCUT2D eigenvalue weighted by Crippen LogP contribution is -2.62. The van der Waals surface area contributed by atoms with Crippen molar-refractivity contribution in [2.45, 2.75) is 100 Å². The van der Waals surface area contributed by atoms with E-state index >= 15 is 0 Å². The van der Waals surface area contributed by atoms with Gasteiger partial charge in [-0.15, -0.1) is 0 Å². The van der Waals surface area contributed by atoms with Gasteiger partial charge < -0.3 is 10.2 Å². The Morgan fingerprint density at radius 3 is 1.90 bits per heavy atom. The SMILES string of the molecule is OC1CCCCCCC1(O)C1(c2ccccc2)CCCCCCC1c1ccccc1. The van der Waals surface area contributed by atoms with Crippen molar-refractivity contribution in [1.82, 2.24) is 0 Å². The van der Waals surface area contributed by atoms with Crippen molar-refractivity contribution in [3.8, 4) is 0 Å². The van der Waals surface area contributed by atoms with Crippen molar-refractivity contribution in [3.05, 3.63) is 71.8 Å². The molecule has 2 N–H and O–H groups in total. The standard InChI is InChI=1S/C28H38O2/c29-26-20-12-2-4-14-22-28(26,30)27(24-17-9-6-10-18-24)21-13-3-1-11-19-25(27)23-15-7-5-8-16-23/h5-10,15-18,25-26,29-30H,1-4,11-14,19-22H2. The van der Waals surface area contributed by atoms with Gasteiger partial charge in [-0.3, -0.25) is 0 Å². The van der Waals surface area contributed by atoms with Crippen LogP contribution in [0.5, 0.6) is 0 Å². The molecule has 2 aliphatic rings. The monoisotopic (exact) mass is 406 g/mol. The zero-order valence-corrected chi connectivity index (χ0v) is 18.3. The van der Waals surface area contributed by atoms with Crippen LogP contribution in [0.4, 0.5) is 0 Å². The minimum absolute atomic E-state index is 0.209. The fraction of sp³-hybridized carbons (Fsp3) is 0.571. The Bertz CT molecular complexity index is 774. The maximum atomic E-state index is 12.6. The number of aliphatic hydroxyl groups excluding tert-OH is 1. The fourth-order valence-corrected chi connectivity index (χ4v) is 6.52. The molecule has 2 fully saturated rings. The smallest absolute Gasteiger partial charge is 0.101 e. The topological polar surface area (TPSA) is 40.5 Å². The van der Waals surface area contributed by atoms with Crippen LogP contribution in [0, 0.1) is 0 Å². The largest absolute Gasteiger partial charge is 0.390 e. The van der Waals surface area contributed by atoms with Crippen molar-refractivity contribution in [1.29, 1.82) is 0 Å². The summed E-state index contributed by atoms with van der Waals surface area (Å²) in [4.78, 5) is 0. The molecule has 0 amide bonds. The van der Waals surface area contributed by atoms with Gasteiger partial charge in [0, 0.05) is 5.41 Å². The Hall–Kier alpha value is -1.64. The summed E-state index contributed by atoms with van der Waals surface area (Å²) >= 11 is 0. The van der Waals surface area contributed by atoms with Gasteiger partial charge in [-0.2, -0.15) is 0 Å². The molecular formula is C28H38O2. The van der Waals surface area contributed by atoms with E-state index in [9.17, 15) is 10.2 Å². The number of rotatable bonds is 3. The zero-order valence-electron chi connectivity index (χ0n) is 18.3. The second-order valence-electron chi connectivity index (χ2n) is 9.65. The van der Waals surface area contributed by atoms with Crippen molar-refractivity contribution in [3.63, 3.8) is 0 Å². The summed E-state index contributed by atoms with van der Waals surface area (Å²) in [6.07, 6.45) is 11.8. The Balaban J connectivity index is 1.94. The van der Waals surface area contributed by atoms with Crippen LogP contribution in [0.3, 0.4) is 0 Å². The zero-order chi connectivity index (χ0) is 20.9. The molecule has 2 aliphatic carbocycles. The van der Waals surface area contributed by atoms with Crippen molar-refractivity contribution < 1.29 is 10.2 Å². The van der Waals surface area contributed by atoms with Crippen molar-refractivity contribution in [2.24, 2.45) is 0 Å². The molecule has 0 bridgehead atoms. The molecule has 0 heterocycles. The van der Waals surface area contributed by atoms with Gasteiger partial charge in [-0.25, -0.2) is 0 Å². The summed E-state index contributed by atoms with van der Waals surface area (Å²) in [6.45, 7) is 0. The lowest BCUT2D eigenvalue weighted by Gasteiger charge is -2.56. The van der Waals surface area contributed by atoms with Gasteiger partial charge in [0.25, 0.3) is 0 Å². The Kier molecular flexibility index (Phi) is 6.95. The molecular weight excluding hydrogens is 368 g/mol. The molecule has 2 aromatic rings. The summed E-state index contributed by atoms with van der Waals surface area (Å²) in [7, 11) is 0. The average Bonchev–Trinajstić information content (AvgIpc) is 2.76. The first-order valence-corrected chi connectivity index (χ1v) is 12.2. The summed E-state index contributed by atoms with van der Waals surface area (Å²) in [5.74, 6) is 0.209. The third kappa shape index (κ3) is 3.97. The molecule has 2 heteroatoms. The first-order valence-electron chi connectivity index (χ1n) is 12.2.